The number of hydrogen-bond donors (Lipinski definition) is 0. The fourth-order valence-electron chi connectivity index (χ4n) is 1.46. The van der Waals surface area contributed by atoms with Crippen LogP contribution in [0, 0.1) is 5.92 Å². The Morgan fingerprint density at radius 2 is 2.38 bits per heavy atom. The molecule has 0 spiro atoms. The Balaban J connectivity index is 2.44. The van der Waals surface area contributed by atoms with E-state index in [0.717, 1.165) is 0 Å². The lowest BCUT2D eigenvalue weighted by Crippen LogP contribution is -2.38. The Kier molecular flexibility index (Phi) is 2.76. The Hall–Kier alpha value is -2.04. The number of amides is 1. The smallest absolute Gasteiger partial charge is 0.322 e. The third kappa shape index (κ3) is 1.84. The molecule has 0 radical (unpaired) electrons. The Labute approximate surface area is 91.5 Å². The molecule has 0 aliphatic carbocycles. The van der Waals surface area contributed by atoms with Gasteiger partial charge < -0.3 is 4.74 Å². The molecule has 0 N–H and O–H groups in total. The molecule has 1 amide bonds. The topological polar surface area (TPSA) is 68.6 Å². The molecular weight excluding hydrogens is 208 g/mol. The lowest BCUT2D eigenvalue weighted by Gasteiger charge is -2.10. The van der Waals surface area contributed by atoms with E-state index in [4.69, 9.17) is 4.74 Å². The van der Waals surface area contributed by atoms with Gasteiger partial charge in [0.2, 0.25) is 0 Å². The maximum atomic E-state index is 11.5. The van der Waals surface area contributed by atoms with Crippen LogP contribution in [0.1, 0.15) is 6.92 Å². The quantitative estimate of drug-likeness (QED) is 0.481. The molecule has 1 atom stereocenters. The molecule has 0 aromatic carbocycles. The van der Waals surface area contributed by atoms with Crippen molar-refractivity contribution in [3.05, 3.63) is 29.0 Å². The SMILES string of the molecule is CCOC(=O)[C@@H]1C=c2cccnc2=NC1=O. The van der Waals surface area contributed by atoms with E-state index in [2.05, 4.69) is 9.98 Å². The van der Waals surface area contributed by atoms with Gasteiger partial charge in [0.25, 0.3) is 5.91 Å². The Morgan fingerprint density at radius 3 is 3.12 bits per heavy atom. The van der Waals surface area contributed by atoms with Crippen LogP contribution in [0.2, 0.25) is 0 Å². The zero-order valence-corrected chi connectivity index (χ0v) is 8.71. The summed E-state index contributed by atoms with van der Waals surface area (Å²) in [6.45, 7) is 1.94. The van der Waals surface area contributed by atoms with Crippen molar-refractivity contribution in [3.8, 4) is 0 Å². The second kappa shape index (κ2) is 4.22. The second-order valence-corrected chi connectivity index (χ2v) is 3.26. The zero-order valence-electron chi connectivity index (χ0n) is 8.71. The standard InChI is InChI=1S/C11H10N2O3/c1-2-16-11(15)8-6-7-4-3-5-12-9(7)13-10(8)14/h3-6,8H,2H2,1H3/t8-/m1/s1. The number of hydrogen-bond acceptors (Lipinski definition) is 4. The van der Waals surface area contributed by atoms with Crippen molar-refractivity contribution >= 4 is 18.0 Å². The zero-order chi connectivity index (χ0) is 11.5. The fraction of sp³-hybridized carbons (Fsp3) is 0.273. The van der Waals surface area contributed by atoms with Crippen LogP contribution in [0.15, 0.2) is 23.3 Å². The number of nitrogens with zero attached hydrogens (tertiary/aromatic N) is 2. The summed E-state index contributed by atoms with van der Waals surface area (Å²) in [6.07, 6.45) is 3.09. The highest BCUT2D eigenvalue weighted by atomic mass is 16.5. The van der Waals surface area contributed by atoms with Crippen LogP contribution in [0.3, 0.4) is 0 Å². The first-order valence-electron chi connectivity index (χ1n) is 4.94. The van der Waals surface area contributed by atoms with Crippen molar-refractivity contribution in [3.63, 3.8) is 0 Å². The van der Waals surface area contributed by atoms with Gasteiger partial charge in [-0.05, 0) is 25.1 Å². The van der Waals surface area contributed by atoms with Crippen LogP contribution in [0.25, 0.3) is 6.08 Å². The van der Waals surface area contributed by atoms with Gasteiger partial charge in [-0.15, -0.1) is 0 Å². The van der Waals surface area contributed by atoms with Crippen LogP contribution in [-0.4, -0.2) is 23.5 Å². The first-order valence-corrected chi connectivity index (χ1v) is 4.94. The Bertz CT molecular complexity index is 551. The lowest BCUT2D eigenvalue weighted by molar-refractivity contribution is -0.148. The minimum atomic E-state index is -0.934. The average molecular weight is 218 g/mol. The average Bonchev–Trinajstić information content (AvgIpc) is 2.28. The molecule has 1 aromatic heterocycles. The van der Waals surface area contributed by atoms with E-state index in [1.165, 1.54) is 6.08 Å². The maximum absolute atomic E-state index is 11.5. The van der Waals surface area contributed by atoms with E-state index in [-0.39, 0.29) is 6.61 Å². The number of carbonyl (C=O) groups excluding carboxylic acids is 2. The largest absolute Gasteiger partial charge is 0.465 e. The first-order chi connectivity index (χ1) is 7.72. The molecule has 0 bridgehead atoms. The number of fused-ring (bicyclic) bond motifs is 1. The summed E-state index contributed by atoms with van der Waals surface area (Å²) in [6, 6.07) is 3.48. The summed E-state index contributed by atoms with van der Waals surface area (Å²) >= 11 is 0. The number of aromatic nitrogens is 1. The molecule has 16 heavy (non-hydrogen) atoms. The van der Waals surface area contributed by atoms with Gasteiger partial charge >= 0.3 is 5.97 Å². The van der Waals surface area contributed by atoms with E-state index < -0.39 is 17.8 Å². The first kappa shape index (κ1) is 10.5. The molecule has 1 aliphatic rings. The normalized spacial score (nSPS) is 18.1. The number of ether oxygens (including phenoxy) is 1. The summed E-state index contributed by atoms with van der Waals surface area (Å²) in [5.74, 6) is -2.02. The second-order valence-electron chi connectivity index (χ2n) is 3.26. The molecule has 2 heterocycles. The molecular formula is C11H10N2O3. The van der Waals surface area contributed by atoms with Gasteiger partial charge in [0.1, 0.15) is 0 Å². The minimum Gasteiger partial charge on any atom is -0.465 e. The number of rotatable bonds is 2. The number of esters is 1. The van der Waals surface area contributed by atoms with Crippen molar-refractivity contribution < 1.29 is 14.3 Å². The predicted octanol–water partition coefficient (Wildman–Crippen LogP) is -0.799. The molecule has 5 heteroatoms. The van der Waals surface area contributed by atoms with Crippen LogP contribution >= 0.6 is 0 Å². The third-order valence-corrected chi connectivity index (χ3v) is 2.19. The van der Waals surface area contributed by atoms with Crippen molar-refractivity contribution in [2.75, 3.05) is 6.61 Å². The predicted molar refractivity (Wildman–Crippen MR) is 54.6 cm³/mol. The lowest BCUT2D eigenvalue weighted by atomic mass is 10.1. The van der Waals surface area contributed by atoms with Crippen LogP contribution in [0.5, 0.6) is 0 Å². The van der Waals surface area contributed by atoms with Gasteiger partial charge in [0.05, 0.1) is 6.61 Å². The Morgan fingerprint density at radius 1 is 1.56 bits per heavy atom. The molecule has 2 rings (SSSR count). The fourth-order valence-corrected chi connectivity index (χ4v) is 1.46. The van der Waals surface area contributed by atoms with E-state index in [1.807, 2.05) is 0 Å². The molecule has 82 valence electrons. The van der Waals surface area contributed by atoms with Crippen molar-refractivity contribution in [1.82, 2.24) is 4.98 Å². The molecule has 5 nitrogen and oxygen atoms in total. The third-order valence-electron chi connectivity index (χ3n) is 2.19. The minimum absolute atomic E-state index is 0.246. The van der Waals surface area contributed by atoms with Crippen LogP contribution in [0.4, 0.5) is 0 Å². The number of carbonyl (C=O) groups is 2. The van der Waals surface area contributed by atoms with Crippen molar-refractivity contribution in [2.24, 2.45) is 10.9 Å². The van der Waals surface area contributed by atoms with Gasteiger partial charge in [0, 0.05) is 11.4 Å². The van der Waals surface area contributed by atoms with E-state index in [1.54, 1.807) is 25.3 Å². The van der Waals surface area contributed by atoms with E-state index in [0.29, 0.717) is 10.7 Å². The van der Waals surface area contributed by atoms with Crippen LogP contribution < -0.4 is 10.7 Å². The summed E-state index contributed by atoms with van der Waals surface area (Å²) in [5.41, 5.74) is 0.355. The molecule has 1 aliphatic heterocycles. The molecule has 1 aromatic rings. The van der Waals surface area contributed by atoms with Gasteiger partial charge in [0.15, 0.2) is 11.4 Å². The van der Waals surface area contributed by atoms with Crippen molar-refractivity contribution in [2.45, 2.75) is 6.92 Å². The van der Waals surface area contributed by atoms with E-state index in [9.17, 15) is 9.59 Å². The van der Waals surface area contributed by atoms with Gasteiger partial charge in [-0.1, -0.05) is 0 Å². The summed E-state index contributed by atoms with van der Waals surface area (Å²) in [4.78, 5) is 30.7. The monoisotopic (exact) mass is 218 g/mol. The van der Waals surface area contributed by atoms with E-state index >= 15 is 0 Å². The van der Waals surface area contributed by atoms with Crippen molar-refractivity contribution in [1.29, 1.82) is 0 Å². The van der Waals surface area contributed by atoms with Gasteiger partial charge in [-0.2, -0.15) is 4.99 Å². The maximum Gasteiger partial charge on any atom is 0.322 e. The van der Waals surface area contributed by atoms with Gasteiger partial charge in [-0.25, -0.2) is 4.98 Å². The van der Waals surface area contributed by atoms with Gasteiger partial charge in [-0.3, -0.25) is 9.59 Å². The molecule has 0 fully saturated rings. The summed E-state index contributed by atoms with van der Waals surface area (Å²) in [5, 5.41) is 0.681. The highest BCUT2D eigenvalue weighted by Crippen LogP contribution is 2.06. The molecule has 0 saturated heterocycles. The summed E-state index contributed by atoms with van der Waals surface area (Å²) in [7, 11) is 0. The molecule has 0 saturated carbocycles. The molecule has 0 unspecified atom stereocenters. The van der Waals surface area contributed by atoms with Crippen LogP contribution in [-0.2, 0) is 14.3 Å². The summed E-state index contributed by atoms with van der Waals surface area (Å²) < 4.78 is 4.80. The highest BCUT2D eigenvalue weighted by molar-refractivity contribution is 6.04. The number of pyridine rings is 1. The highest BCUT2D eigenvalue weighted by Gasteiger charge is 2.27.